The zero-order valence-corrected chi connectivity index (χ0v) is 12.5. The quantitative estimate of drug-likeness (QED) is 0.622. The van der Waals surface area contributed by atoms with Crippen molar-refractivity contribution in [3.05, 3.63) is 52.8 Å². The van der Waals surface area contributed by atoms with E-state index < -0.39 is 35.1 Å². The Morgan fingerprint density at radius 3 is 1.84 bits per heavy atom. The van der Waals surface area contributed by atoms with E-state index in [1.165, 1.54) is 13.1 Å². The molecular formula is C15H10F6N2O2. The molecule has 0 saturated carbocycles. The van der Waals surface area contributed by atoms with Crippen LogP contribution in [0.15, 0.2) is 30.5 Å². The van der Waals surface area contributed by atoms with E-state index in [1.807, 2.05) is 5.32 Å². The Morgan fingerprint density at radius 2 is 1.44 bits per heavy atom. The highest BCUT2D eigenvalue weighted by atomic mass is 19.4. The maximum Gasteiger partial charge on any atom is 0.416 e. The standard InChI is InChI=1S/C15H10F6N2O2/c1-7(24)8-2-12(22-6-8)13(25)23-11-4-9(14(16,17)18)3-10(5-11)15(19,20)21/h2-6,22H,1H3,(H,23,25). The Balaban J connectivity index is 2.37. The number of carbonyl (C=O) groups excluding carboxylic acids is 2. The van der Waals surface area contributed by atoms with E-state index in [2.05, 4.69) is 4.98 Å². The van der Waals surface area contributed by atoms with E-state index in [-0.39, 0.29) is 23.1 Å². The van der Waals surface area contributed by atoms with Gasteiger partial charge in [0.15, 0.2) is 5.78 Å². The molecule has 0 radical (unpaired) electrons. The Hall–Kier alpha value is -2.78. The molecule has 2 N–H and O–H groups in total. The van der Waals surface area contributed by atoms with Gasteiger partial charge in [-0.05, 0) is 31.2 Å². The molecule has 0 aliphatic heterocycles. The summed E-state index contributed by atoms with van der Waals surface area (Å²) in [5.41, 5.74) is -3.81. The second kappa shape index (κ2) is 6.26. The predicted octanol–water partition coefficient (Wildman–Crippen LogP) is 4.51. The molecular weight excluding hydrogens is 354 g/mol. The predicted molar refractivity (Wildman–Crippen MR) is 75.2 cm³/mol. The van der Waals surface area contributed by atoms with E-state index in [0.717, 1.165) is 6.07 Å². The first-order chi connectivity index (χ1) is 11.4. The molecule has 134 valence electrons. The highest BCUT2D eigenvalue weighted by Crippen LogP contribution is 2.37. The first kappa shape index (κ1) is 18.6. The molecule has 0 aliphatic rings. The average Bonchev–Trinajstić information content (AvgIpc) is 2.95. The smallest absolute Gasteiger partial charge is 0.356 e. The van der Waals surface area contributed by atoms with Gasteiger partial charge < -0.3 is 10.3 Å². The van der Waals surface area contributed by atoms with Crippen molar-refractivity contribution in [3.8, 4) is 0 Å². The largest absolute Gasteiger partial charge is 0.416 e. The van der Waals surface area contributed by atoms with Gasteiger partial charge in [-0.25, -0.2) is 0 Å². The molecule has 4 nitrogen and oxygen atoms in total. The molecule has 1 aromatic carbocycles. The van der Waals surface area contributed by atoms with Gasteiger partial charge in [0.25, 0.3) is 5.91 Å². The molecule has 0 aliphatic carbocycles. The van der Waals surface area contributed by atoms with Crippen LogP contribution in [0.1, 0.15) is 38.9 Å². The monoisotopic (exact) mass is 364 g/mol. The molecule has 0 unspecified atom stereocenters. The van der Waals surface area contributed by atoms with Crippen molar-refractivity contribution in [2.75, 3.05) is 5.32 Å². The lowest BCUT2D eigenvalue weighted by atomic mass is 10.1. The second-order valence-electron chi connectivity index (χ2n) is 5.11. The molecule has 1 aromatic heterocycles. The number of halogens is 6. The van der Waals surface area contributed by atoms with Crippen LogP contribution >= 0.6 is 0 Å². The summed E-state index contributed by atoms with van der Waals surface area (Å²) >= 11 is 0. The fourth-order valence-corrected chi connectivity index (χ4v) is 1.95. The number of aromatic amines is 1. The SMILES string of the molecule is CC(=O)c1c[nH]c(C(=O)Nc2cc(C(F)(F)F)cc(C(F)(F)F)c2)c1. The molecule has 0 saturated heterocycles. The number of rotatable bonds is 3. The number of benzene rings is 1. The highest BCUT2D eigenvalue weighted by Gasteiger charge is 2.37. The molecule has 0 atom stereocenters. The van der Waals surface area contributed by atoms with E-state index in [1.54, 1.807) is 0 Å². The van der Waals surface area contributed by atoms with Gasteiger partial charge in [-0.1, -0.05) is 0 Å². The van der Waals surface area contributed by atoms with Gasteiger partial charge in [-0.15, -0.1) is 0 Å². The number of hydrogen-bond acceptors (Lipinski definition) is 2. The summed E-state index contributed by atoms with van der Waals surface area (Å²) in [4.78, 5) is 25.5. The number of ketones is 1. The highest BCUT2D eigenvalue weighted by molar-refractivity contribution is 6.05. The molecule has 1 heterocycles. The molecule has 10 heteroatoms. The first-order valence-corrected chi connectivity index (χ1v) is 6.68. The Bertz CT molecular complexity index is 788. The molecule has 0 fully saturated rings. The van der Waals surface area contributed by atoms with Crippen molar-refractivity contribution < 1.29 is 35.9 Å². The minimum Gasteiger partial charge on any atom is -0.356 e. The third-order valence-electron chi connectivity index (χ3n) is 3.18. The molecule has 2 aromatic rings. The fraction of sp³-hybridized carbons (Fsp3) is 0.200. The topological polar surface area (TPSA) is 62.0 Å². The van der Waals surface area contributed by atoms with Crippen LogP contribution < -0.4 is 5.32 Å². The van der Waals surface area contributed by atoms with Crippen LogP contribution in [0.25, 0.3) is 0 Å². The third-order valence-corrected chi connectivity index (χ3v) is 3.18. The van der Waals surface area contributed by atoms with E-state index in [9.17, 15) is 35.9 Å². The van der Waals surface area contributed by atoms with Crippen LogP contribution in [0, 0.1) is 0 Å². The lowest BCUT2D eigenvalue weighted by molar-refractivity contribution is -0.143. The van der Waals surface area contributed by atoms with Crippen molar-refractivity contribution in [2.45, 2.75) is 19.3 Å². The van der Waals surface area contributed by atoms with E-state index in [0.29, 0.717) is 12.1 Å². The van der Waals surface area contributed by atoms with E-state index in [4.69, 9.17) is 0 Å². The summed E-state index contributed by atoms with van der Waals surface area (Å²) < 4.78 is 76.6. The number of anilines is 1. The Kier molecular flexibility index (Phi) is 4.65. The minimum absolute atomic E-state index is 0.0435. The maximum atomic E-state index is 12.8. The summed E-state index contributed by atoms with van der Waals surface area (Å²) in [6, 6.07) is 1.87. The van der Waals surface area contributed by atoms with Crippen LogP contribution in [0.5, 0.6) is 0 Å². The zero-order valence-electron chi connectivity index (χ0n) is 12.5. The lowest BCUT2D eigenvalue weighted by Crippen LogP contribution is -2.16. The van der Waals surface area contributed by atoms with Crippen LogP contribution in [-0.2, 0) is 12.4 Å². The molecule has 1 amide bonds. The average molecular weight is 364 g/mol. The second-order valence-corrected chi connectivity index (χ2v) is 5.11. The van der Waals surface area contributed by atoms with Crippen molar-refractivity contribution in [3.63, 3.8) is 0 Å². The van der Waals surface area contributed by atoms with Gasteiger partial charge in [0, 0.05) is 17.4 Å². The number of nitrogens with one attached hydrogen (secondary N) is 2. The van der Waals surface area contributed by atoms with Crippen LogP contribution in [0.2, 0.25) is 0 Å². The van der Waals surface area contributed by atoms with Crippen LogP contribution in [0.4, 0.5) is 32.0 Å². The normalized spacial score (nSPS) is 12.1. The van der Waals surface area contributed by atoms with Gasteiger partial charge in [0.05, 0.1) is 11.1 Å². The number of H-pyrrole nitrogens is 1. The minimum atomic E-state index is -5.02. The summed E-state index contributed by atoms with van der Waals surface area (Å²) in [7, 11) is 0. The number of amides is 1. The van der Waals surface area contributed by atoms with Gasteiger partial charge in [0.1, 0.15) is 5.69 Å². The van der Waals surface area contributed by atoms with Crippen LogP contribution in [-0.4, -0.2) is 16.7 Å². The summed E-state index contributed by atoms with van der Waals surface area (Å²) in [6.45, 7) is 1.23. The number of Topliss-reactive ketones (excluding diaryl/α,β-unsaturated/α-hetero) is 1. The number of hydrogen-bond donors (Lipinski definition) is 2. The number of carbonyl (C=O) groups is 2. The van der Waals surface area contributed by atoms with Gasteiger partial charge in [-0.3, -0.25) is 9.59 Å². The summed E-state index contributed by atoms with van der Waals surface area (Å²) in [5, 5.41) is 1.95. The maximum absolute atomic E-state index is 12.8. The fourth-order valence-electron chi connectivity index (χ4n) is 1.95. The van der Waals surface area contributed by atoms with E-state index >= 15 is 0 Å². The third kappa shape index (κ3) is 4.40. The van der Waals surface area contributed by atoms with Gasteiger partial charge in [-0.2, -0.15) is 26.3 Å². The van der Waals surface area contributed by atoms with Gasteiger partial charge in [0.2, 0.25) is 0 Å². The first-order valence-electron chi connectivity index (χ1n) is 6.68. The number of aromatic nitrogens is 1. The summed E-state index contributed by atoms with van der Waals surface area (Å²) in [6.07, 6.45) is -8.84. The molecule has 2 rings (SSSR count). The lowest BCUT2D eigenvalue weighted by Gasteiger charge is -2.14. The van der Waals surface area contributed by atoms with Crippen molar-refractivity contribution in [1.29, 1.82) is 0 Å². The Labute approximate surface area is 136 Å². The molecule has 25 heavy (non-hydrogen) atoms. The van der Waals surface area contributed by atoms with Crippen molar-refractivity contribution in [1.82, 2.24) is 4.98 Å². The summed E-state index contributed by atoms with van der Waals surface area (Å²) in [5.74, 6) is -1.35. The molecule has 0 spiro atoms. The van der Waals surface area contributed by atoms with Gasteiger partial charge >= 0.3 is 12.4 Å². The van der Waals surface area contributed by atoms with Crippen molar-refractivity contribution >= 4 is 17.4 Å². The zero-order chi connectivity index (χ0) is 19.0. The van der Waals surface area contributed by atoms with Crippen molar-refractivity contribution in [2.24, 2.45) is 0 Å². The molecule has 0 bridgehead atoms. The number of alkyl halides is 6. The van der Waals surface area contributed by atoms with Crippen LogP contribution in [0.3, 0.4) is 0 Å². The Morgan fingerprint density at radius 1 is 0.920 bits per heavy atom.